The minimum absolute atomic E-state index is 0.240. The largest absolute Gasteiger partial charge is 0.423 e. The van der Waals surface area contributed by atoms with E-state index in [1.165, 1.54) is 0 Å². The number of hydrogen-bond acceptors (Lipinski definition) is 5. The summed E-state index contributed by atoms with van der Waals surface area (Å²) in [5.41, 5.74) is 1.79. The smallest absolute Gasteiger partial charge is 0.345 e. The standard InChI is InChI=1S/C21H27N3O2/c1-21(2,3)24-11-9-23(10-12-24)16-7-6-15(13-16)19-14-18-17(20(25)26-19)5-4-8-22-18/h4-5,8,13-14,16H,6-7,9-12H2,1-3H3. The maximum absolute atomic E-state index is 12.2. The maximum Gasteiger partial charge on any atom is 0.345 e. The van der Waals surface area contributed by atoms with E-state index < -0.39 is 0 Å². The van der Waals surface area contributed by atoms with Crippen LogP contribution in [0, 0.1) is 0 Å². The molecule has 1 saturated heterocycles. The summed E-state index contributed by atoms with van der Waals surface area (Å²) in [6.07, 6.45) is 6.05. The van der Waals surface area contributed by atoms with Crippen molar-refractivity contribution < 1.29 is 4.42 Å². The van der Waals surface area contributed by atoms with Crippen molar-refractivity contribution in [3.05, 3.63) is 46.7 Å². The van der Waals surface area contributed by atoms with Gasteiger partial charge in [-0.05, 0) is 51.3 Å². The van der Waals surface area contributed by atoms with Crippen molar-refractivity contribution in [2.75, 3.05) is 26.2 Å². The van der Waals surface area contributed by atoms with Gasteiger partial charge >= 0.3 is 5.63 Å². The van der Waals surface area contributed by atoms with E-state index >= 15 is 0 Å². The van der Waals surface area contributed by atoms with Gasteiger partial charge in [-0.3, -0.25) is 14.8 Å². The highest BCUT2D eigenvalue weighted by atomic mass is 16.4. The van der Waals surface area contributed by atoms with Crippen molar-refractivity contribution >= 4 is 16.5 Å². The molecule has 1 unspecified atom stereocenters. The van der Waals surface area contributed by atoms with Crippen LogP contribution in [0.1, 0.15) is 39.4 Å². The predicted octanol–water partition coefficient (Wildman–Crippen LogP) is 3.15. The number of aromatic nitrogens is 1. The molecule has 1 atom stereocenters. The summed E-state index contributed by atoms with van der Waals surface area (Å²) >= 11 is 0. The summed E-state index contributed by atoms with van der Waals surface area (Å²) in [5.74, 6) is 0.678. The van der Waals surface area contributed by atoms with Gasteiger partial charge in [-0.1, -0.05) is 6.08 Å². The Morgan fingerprint density at radius 1 is 1.19 bits per heavy atom. The first-order valence-corrected chi connectivity index (χ1v) is 9.51. The summed E-state index contributed by atoms with van der Waals surface area (Å²) in [7, 11) is 0. The Morgan fingerprint density at radius 3 is 2.69 bits per heavy atom. The van der Waals surface area contributed by atoms with Crippen LogP contribution in [-0.4, -0.2) is 52.5 Å². The van der Waals surface area contributed by atoms with Gasteiger partial charge < -0.3 is 4.42 Å². The molecule has 2 aliphatic rings. The molecule has 0 radical (unpaired) electrons. The van der Waals surface area contributed by atoms with E-state index in [0.717, 1.165) is 44.6 Å². The Kier molecular flexibility index (Phi) is 4.45. The lowest BCUT2D eigenvalue weighted by Crippen LogP contribution is -2.55. The molecule has 2 aromatic heterocycles. The average molecular weight is 353 g/mol. The first-order chi connectivity index (χ1) is 12.4. The van der Waals surface area contributed by atoms with E-state index in [4.69, 9.17) is 4.42 Å². The summed E-state index contributed by atoms with van der Waals surface area (Å²) < 4.78 is 5.58. The second-order valence-corrected chi connectivity index (χ2v) is 8.33. The van der Waals surface area contributed by atoms with E-state index in [9.17, 15) is 4.79 Å². The van der Waals surface area contributed by atoms with Crippen LogP contribution < -0.4 is 5.63 Å². The number of nitrogens with zero attached hydrogens (tertiary/aromatic N) is 3. The summed E-state index contributed by atoms with van der Waals surface area (Å²) in [6.45, 7) is 11.3. The summed E-state index contributed by atoms with van der Waals surface area (Å²) in [4.78, 5) is 21.6. The second-order valence-electron chi connectivity index (χ2n) is 8.33. The van der Waals surface area contributed by atoms with Crippen LogP contribution in [-0.2, 0) is 0 Å². The SMILES string of the molecule is CC(C)(C)N1CCN(C2C=C(c3cc4ncccc4c(=O)o3)CC2)CC1. The van der Waals surface area contributed by atoms with Gasteiger partial charge in [0.05, 0.1) is 10.9 Å². The molecule has 1 aliphatic carbocycles. The van der Waals surface area contributed by atoms with E-state index in [0.29, 0.717) is 22.7 Å². The van der Waals surface area contributed by atoms with E-state index in [1.54, 1.807) is 18.3 Å². The van der Waals surface area contributed by atoms with Crippen LogP contribution in [0.15, 0.2) is 39.7 Å². The van der Waals surface area contributed by atoms with Crippen molar-refractivity contribution in [1.82, 2.24) is 14.8 Å². The van der Waals surface area contributed by atoms with Crippen molar-refractivity contribution in [3.8, 4) is 0 Å². The Morgan fingerprint density at radius 2 is 1.96 bits per heavy atom. The van der Waals surface area contributed by atoms with Crippen LogP contribution in [0.4, 0.5) is 0 Å². The third kappa shape index (κ3) is 3.33. The number of piperazine rings is 1. The topological polar surface area (TPSA) is 49.6 Å². The van der Waals surface area contributed by atoms with Crippen LogP contribution in [0.2, 0.25) is 0 Å². The Bertz CT molecular complexity index is 886. The van der Waals surface area contributed by atoms with Gasteiger partial charge in [-0.15, -0.1) is 0 Å². The third-order valence-corrected chi connectivity index (χ3v) is 5.68. The normalized spacial score (nSPS) is 22.7. The van der Waals surface area contributed by atoms with E-state index in [-0.39, 0.29) is 11.2 Å². The molecule has 1 aliphatic heterocycles. The quantitative estimate of drug-likeness (QED) is 0.830. The predicted molar refractivity (Wildman–Crippen MR) is 104 cm³/mol. The molecule has 0 bridgehead atoms. The van der Waals surface area contributed by atoms with Crippen molar-refractivity contribution in [2.24, 2.45) is 0 Å². The number of allylic oxidation sites excluding steroid dienone is 1. The van der Waals surface area contributed by atoms with Gasteiger partial charge in [-0.2, -0.15) is 0 Å². The van der Waals surface area contributed by atoms with Crippen LogP contribution in [0.5, 0.6) is 0 Å². The van der Waals surface area contributed by atoms with Crippen molar-refractivity contribution in [3.63, 3.8) is 0 Å². The maximum atomic E-state index is 12.2. The lowest BCUT2D eigenvalue weighted by atomic mass is 10.0. The molecule has 4 rings (SSSR count). The van der Waals surface area contributed by atoms with Crippen LogP contribution in [0.25, 0.3) is 16.5 Å². The lowest BCUT2D eigenvalue weighted by molar-refractivity contribution is 0.0509. The molecule has 26 heavy (non-hydrogen) atoms. The van der Waals surface area contributed by atoms with Crippen LogP contribution in [0.3, 0.4) is 0 Å². The Labute approximate surface area is 154 Å². The molecule has 0 saturated carbocycles. The monoisotopic (exact) mass is 353 g/mol. The Hall–Kier alpha value is -1.98. The fraction of sp³-hybridized carbons (Fsp3) is 0.524. The number of fused-ring (bicyclic) bond motifs is 1. The zero-order chi connectivity index (χ0) is 18.3. The van der Waals surface area contributed by atoms with E-state index in [1.807, 2.05) is 6.07 Å². The number of pyridine rings is 1. The van der Waals surface area contributed by atoms with Gasteiger partial charge in [0.25, 0.3) is 0 Å². The highest BCUT2D eigenvalue weighted by Gasteiger charge is 2.30. The molecule has 5 nitrogen and oxygen atoms in total. The van der Waals surface area contributed by atoms with Gasteiger partial charge in [0.1, 0.15) is 5.76 Å². The fourth-order valence-corrected chi connectivity index (χ4v) is 4.09. The molecule has 2 aromatic rings. The van der Waals surface area contributed by atoms with Gasteiger partial charge in [0, 0.05) is 50.0 Å². The first-order valence-electron chi connectivity index (χ1n) is 9.51. The minimum atomic E-state index is -0.297. The third-order valence-electron chi connectivity index (χ3n) is 5.68. The molecule has 0 spiro atoms. The highest BCUT2D eigenvalue weighted by molar-refractivity contribution is 5.80. The summed E-state index contributed by atoms with van der Waals surface area (Å²) in [6, 6.07) is 5.87. The first kappa shape index (κ1) is 17.4. The Balaban J connectivity index is 1.51. The van der Waals surface area contributed by atoms with Crippen molar-refractivity contribution in [2.45, 2.75) is 45.2 Å². The molecular formula is C21H27N3O2. The second kappa shape index (κ2) is 6.63. The number of hydrogen-bond donors (Lipinski definition) is 0. The van der Waals surface area contributed by atoms with E-state index in [2.05, 4.69) is 41.6 Å². The number of rotatable bonds is 2. The molecule has 0 aromatic carbocycles. The fourth-order valence-electron chi connectivity index (χ4n) is 4.09. The van der Waals surface area contributed by atoms with Gasteiger partial charge in [0.15, 0.2) is 0 Å². The molecule has 0 N–H and O–H groups in total. The molecule has 1 fully saturated rings. The zero-order valence-corrected chi connectivity index (χ0v) is 15.9. The molecule has 138 valence electrons. The molecule has 5 heteroatoms. The average Bonchev–Trinajstić information content (AvgIpc) is 3.11. The molecule has 3 heterocycles. The highest BCUT2D eigenvalue weighted by Crippen LogP contribution is 2.31. The minimum Gasteiger partial charge on any atom is -0.423 e. The zero-order valence-electron chi connectivity index (χ0n) is 15.9. The van der Waals surface area contributed by atoms with Crippen molar-refractivity contribution in [1.29, 1.82) is 0 Å². The van der Waals surface area contributed by atoms with Gasteiger partial charge in [0.2, 0.25) is 0 Å². The molecular weight excluding hydrogens is 326 g/mol. The lowest BCUT2D eigenvalue weighted by Gasteiger charge is -2.43. The molecule has 0 amide bonds. The summed E-state index contributed by atoms with van der Waals surface area (Å²) in [5, 5.41) is 0.546. The van der Waals surface area contributed by atoms with Gasteiger partial charge in [-0.25, -0.2) is 4.79 Å². The van der Waals surface area contributed by atoms with Crippen LogP contribution >= 0.6 is 0 Å².